The van der Waals surface area contributed by atoms with Crippen LogP contribution < -0.4 is 10.6 Å². The lowest BCUT2D eigenvalue weighted by Gasteiger charge is -2.18. The van der Waals surface area contributed by atoms with Crippen LogP contribution in [0.15, 0.2) is 24.3 Å². The summed E-state index contributed by atoms with van der Waals surface area (Å²) < 4.78 is 0. The van der Waals surface area contributed by atoms with Gasteiger partial charge in [-0.2, -0.15) is 0 Å². The van der Waals surface area contributed by atoms with Gasteiger partial charge in [0.1, 0.15) is 0 Å². The van der Waals surface area contributed by atoms with Crippen molar-refractivity contribution in [2.45, 2.75) is 31.8 Å². The average molecular weight is 247 g/mol. The van der Waals surface area contributed by atoms with Gasteiger partial charge in [-0.05, 0) is 64.1 Å². The fraction of sp³-hybridized carbons (Fsp3) is 0.600. The number of rotatable bonds is 4. The van der Waals surface area contributed by atoms with Crippen LogP contribution in [-0.4, -0.2) is 38.1 Å². The largest absolute Gasteiger partial charge is 0.382 e. The topological polar surface area (TPSA) is 27.3 Å². The van der Waals surface area contributed by atoms with Gasteiger partial charge in [-0.1, -0.05) is 12.1 Å². The Morgan fingerprint density at radius 2 is 1.94 bits per heavy atom. The zero-order valence-corrected chi connectivity index (χ0v) is 11.6. The van der Waals surface area contributed by atoms with Crippen molar-refractivity contribution in [1.29, 1.82) is 0 Å². The van der Waals surface area contributed by atoms with E-state index in [9.17, 15) is 0 Å². The third kappa shape index (κ3) is 4.31. The number of anilines is 1. The lowest BCUT2D eigenvalue weighted by atomic mass is 10.1. The van der Waals surface area contributed by atoms with Crippen molar-refractivity contribution in [1.82, 2.24) is 10.2 Å². The van der Waals surface area contributed by atoms with Gasteiger partial charge in [-0.3, -0.25) is 0 Å². The molecule has 1 atom stereocenters. The average Bonchev–Trinajstić information content (AvgIpc) is 2.60. The molecule has 0 saturated carbocycles. The van der Waals surface area contributed by atoms with Crippen LogP contribution in [0.2, 0.25) is 0 Å². The van der Waals surface area contributed by atoms with Crippen molar-refractivity contribution >= 4 is 5.69 Å². The van der Waals surface area contributed by atoms with Gasteiger partial charge >= 0.3 is 0 Å². The molecule has 0 amide bonds. The zero-order chi connectivity index (χ0) is 12.8. The smallest absolute Gasteiger partial charge is 0.0342 e. The van der Waals surface area contributed by atoms with Crippen molar-refractivity contribution in [3.63, 3.8) is 0 Å². The van der Waals surface area contributed by atoms with E-state index in [0.29, 0.717) is 6.04 Å². The van der Waals surface area contributed by atoms with Crippen molar-refractivity contribution in [2.24, 2.45) is 0 Å². The normalized spacial score (nSPS) is 20.7. The SMILES string of the molecule is CN(C)Cc1ccc(NC2CCCNCC2)cc1. The molecule has 0 aliphatic carbocycles. The molecule has 1 fully saturated rings. The molecule has 100 valence electrons. The quantitative estimate of drug-likeness (QED) is 0.855. The summed E-state index contributed by atoms with van der Waals surface area (Å²) in [5, 5.41) is 7.10. The molecule has 2 N–H and O–H groups in total. The van der Waals surface area contributed by atoms with E-state index in [-0.39, 0.29) is 0 Å². The Kier molecular flexibility index (Phi) is 5.02. The molecule has 1 aromatic rings. The summed E-state index contributed by atoms with van der Waals surface area (Å²) in [7, 11) is 4.20. The van der Waals surface area contributed by atoms with E-state index >= 15 is 0 Å². The van der Waals surface area contributed by atoms with Gasteiger partial charge in [0.25, 0.3) is 0 Å². The predicted molar refractivity (Wildman–Crippen MR) is 78.0 cm³/mol. The minimum atomic E-state index is 0.625. The first-order valence-corrected chi connectivity index (χ1v) is 6.95. The van der Waals surface area contributed by atoms with Crippen LogP contribution in [0.3, 0.4) is 0 Å². The van der Waals surface area contributed by atoms with E-state index in [1.807, 2.05) is 0 Å². The van der Waals surface area contributed by atoms with Crippen molar-refractivity contribution in [2.75, 3.05) is 32.5 Å². The fourth-order valence-corrected chi connectivity index (χ4v) is 2.47. The second-order valence-corrected chi connectivity index (χ2v) is 5.46. The lowest BCUT2D eigenvalue weighted by molar-refractivity contribution is 0.402. The van der Waals surface area contributed by atoms with Crippen LogP contribution in [0.1, 0.15) is 24.8 Å². The lowest BCUT2D eigenvalue weighted by Crippen LogP contribution is -2.21. The van der Waals surface area contributed by atoms with E-state index in [2.05, 4.69) is 53.9 Å². The number of nitrogens with one attached hydrogen (secondary N) is 2. The Hall–Kier alpha value is -1.06. The second kappa shape index (κ2) is 6.76. The fourth-order valence-electron chi connectivity index (χ4n) is 2.47. The highest BCUT2D eigenvalue weighted by atomic mass is 15.0. The summed E-state index contributed by atoms with van der Waals surface area (Å²) in [6, 6.07) is 9.47. The van der Waals surface area contributed by atoms with E-state index in [1.165, 1.54) is 37.1 Å². The molecule has 1 saturated heterocycles. The van der Waals surface area contributed by atoms with Crippen LogP contribution in [-0.2, 0) is 6.54 Å². The molecular formula is C15H25N3. The van der Waals surface area contributed by atoms with Crippen LogP contribution in [0, 0.1) is 0 Å². The zero-order valence-electron chi connectivity index (χ0n) is 11.6. The first kappa shape index (κ1) is 13.4. The molecule has 1 aromatic carbocycles. The van der Waals surface area contributed by atoms with Crippen molar-refractivity contribution < 1.29 is 0 Å². The maximum atomic E-state index is 3.65. The summed E-state index contributed by atoms with van der Waals surface area (Å²) in [6.45, 7) is 3.31. The molecule has 3 nitrogen and oxygen atoms in total. The molecule has 18 heavy (non-hydrogen) atoms. The first-order valence-electron chi connectivity index (χ1n) is 6.95. The molecule has 1 aliphatic heterocycles. The van der Waals surface area contributed by atoms with E-state index in [0.717, 1.165) is 13.1 Å². The third-order valence-electron chi connectivity index (χ3n) is 3.40. The Morgan fingerprint density at radius 1 is 1.17 bits per heavy atom. The number of benzene rings is 1. The highest BCUT2D eigenvalue weighted by Crippen LogP contribution is 2.15. The van der Waals surface area contributed by atoms with E-state index in [4.69, 9.17) is 0 Å². The number of nitrogens with zero attached hydrogens (tertiary/aromatic N) is 1. The Labute approximate surface area is 111 Å². The van der Waals surface area contributed by atoms with Crippen molar-refractivity contribution in [3.8, 4) is 0 Å². The molecule has 1 unspecified atom stereocenters. The molecule has 0 bridgehead atoms. The Bertz CT molecular complexity index is 337. The first-order chi connectivity index (χ1) is 8.74. The highest BCUT2D eigenvalue weighted by molar-refractivity contribution is 5.45. The van der Waals surface area contributed by atoms with Crippen LogP contribution >= 0.6 is 0 Å². The summed E-state index contributed by atoms with van der Waals surface area (Å²) in [5.41, 5.74) is 2.62. The molecule has 1 aliphatic rings. The maximum absolute atomic E-state index is 3.65. The maximum Gasteiger partial charge on any atom is 0.0342 e. The Morgan fingerprint density at radius 3 is 2.67 bits per heavy atom. The van der Waals surface area contributed by atoms with E-state index < -0.39 is 0 Å². The number of hydrogen-bond acceptors (Lipinski definition) is 3. The summed E-state index contributed by atoms with van der Waals surface area (Å²) in [4.78, 5) is 2.19. The number of hydrogen-bond donors (Lipinski definition) is 2. The molecule has 0 spiro atoms. The molecule has 0 radical (unpaired) electrons. The molecule has 1 heterocycles. The summed E-state index contributed by atoms with van der Waals surface area (Å²) in [5.74, 6) is 0. The summed E-state index contributed by atoms with van der Waals surface area (Å²) in [6.07, 6.45) is 3.77. The van der Waals surface area contributed by atoms with Gasteiger partial charge in [-0.25, -0.2) is 0 Å². The molecule has 2 rings (SSSR count). The van der Waals surface area contributed by atoms with Crippen LogP contribution in [0.4, 0.5) is 5.69 Å². The van der Waals surface area contributed by atoms with Crippen LogP contribution in [0.25, 0.3) is 0 Å². The Balaban J connectivity index is 1.88. The molecule has 3 heteroatoms. The van der Waals surface area contributed by atoms with Gasteiger partial charge in [0.15, 0.2) is 0 Å². The molecule has 0 aromatic heterocycles. The van der Waals surface area contributed by atoms with Crippen molar-refractivity contribution in [3.05, 3.63) is 29.8 Å². The minimum absolute atomic E-state index is 0.625. The van der Waals surface area contributed by atoms with E-state index in [1.54, 1.807) is 0 Å². The predicted octanol–water partition coefficient (Wildman–Crippen LogP) is 2.30. The minimum Gasteiger partial charge on any atom is -0.382 e. The van der Waals surface area contributed by atoms with Gasteiger partial charge in [0, 0.05) is 18.3 Å². The van der Waals surface area contributed by atoms with Gasteiger partial charge in [-0.15, -0.1) is 0 Å². The van der Waals surface area contributed by atoms with Gasteiger partial charge < -0.3 is 15.5 Å². The monoisotopic (exact) mass is 247 g/mol. The van der Waals surface area contributed by atoms with Gasteiger partial charge in [0.05, 0.1) is 0 Å². The summed E-state index contributed by atoms with van der Waals surface area (Å²) >= 11 is 0. The van der Waals surface area contributed by atoms with Crippen LogP contribution in [0.5, 0.6) is 0 Å². The second-order valence-electron chi connectivity index (χ2n) is 5.46. The highest BCUT2D eigenvalue weighted by Gasteiger charge is 2.11. The van der Waals surface area contributed by atoms with Gasteiger partial charge in [0.2, 0.25) is 0 Å². The third-order valence-corrected chi connectivity index (χ3v) is 3.40. The molecular weight excluding hydrogens is 222 g/mol. The standard InChI is InChI=1S/C15H25N3/c1-18(2)12-13-5-7-15(8-6-13)17-14-4-3-10-16-11-9-14/h5-8,14,16-17H,3-4,9-12H2,1-2H3.